The molecule has 0 atom stereocenters. The number of aromatic nitrogens is 3. The number of likely N-dealkylation sites (N-methyl/N-ethyl adjacent to an activating group) is 1. The van der Waals surface area contributed by atoms with Crippen LogP contribution in [0.3, 0.4) is 0 Å². The second-order valence-electron chi connectivity index (χ2n) is 7.65. The summed E-state index contributed by atoms with van der Waals surface area (Å²) in [6.07, 6.45) is 6.79. The molecule has 2 heterocycles. The van der Waals surface area contributed by atoms with Crippen molar-refractivity contribution in [3.63, 3.8) is 0 Å². The summed E-state index contributed by atoms with van der Waals surface area (Å²) in [5.41, 5.74) is 4.96. The first-order valence-electron chi connectivity index (χ1n) is 9.66. The molecular formula is C20H27N5O. The van der Waals surface area contributed by atoms with E-state index in [0.29, 0.717) is 5.69 Å². The molecule has 1 aliphatic heterocycles. The predicted octanol–water partition coefficient (Wildman–Crippen LogP) is 2.63. The van der Waals surface area contributed by atoms with Crippen LogP contribution >= 0.6 is 0 Å². The third kappa shape index (κ3) is 3.26. The van der Waals surface area contributed by atoms with Gasteiger partial charge in [0.1, 0.15) is 0 Å². The van der Waals surface area contributed by atoms with E-state index in [2.05, 4.69) is 45.8 Å². The normalized spacial score (nSPS) is 18.5. The summed E-state index contributed by atoms with van der Waals surface area (Å²) in [7, 11) is 2.14. The largest absolute Gasteiger partial charge is 0.348 e. The molecule has 0 radical (unpaired) electrons. The predicted molar refractivity (Wildman–Crippen MR) is 100 cm³/mol. The molecular weight excluding hydrogens is 326 g/mol. The SMILES string of the molecule is Cc1c(C(=O)NC2CCCCC2)nnn1-c1cccc2c1CCN(C)C2. The summed E-state index contributed by atoms with van der Waals surface area (Å²) in [5, 5.41) is 11.7. The zero-order chi connectivity index (χ0) is 18.1. The van der Waals surface area contributed by atoms with Crippen molar-refractivity contribution in [1.82, 2.24) is 25.2 Å². The molecule has 6 heteroatoms. The molecule has 2 aliphatic rings. The molecule has 26 heavy (non-hydrogen) atoms. The van der Waals surface area contributed by atoms with E-state index in [1.165, 1.54) is 30.4 Å². The Balaban J connectivity index is 1.60. The third-order valence-corrected chi connectivity index (χ3v) is 5.71. The summed E-state index contributed by atoms with van der Waals surface area (Å²) in [6, 6.07) is 6.60. The van der Waals surface area contributed by atoms with E-state index >= 15 is 0 Å². The van der Waals surface area contributed by atoms with E-state index in [0.717, 1.165) is 43.7 Å². The minimum atomic E-state index is -0.0924. The number of fused-ring (bicyclic) bond motifs is 1. The molecule has 1 aromatic heterocycles. The van der Waals surface area contributed by atoms with Crippen LogP contribution < -0.4 is 5.32 Å². The van der Waals surface area contributed by atoms with Gasteiger partial charge in [0.2, 0.25) is 0 Å². The number of nitrogens with one attached hydrogen (secondary N) is 1. The first kappa shape index (κ1) is 17.2. The lowest BCUT2D eigenvalue weighted by atomic mass is 9.95. The fraction of sp³-hybridized carbons (Fsp3) is 0.550. The average molecular weight is 353 g/mol. The maximum atomic E-state index is 12.7. The van der Waals surface area contributed by atoms with E-state index < -0.39 is 0 Å². The first-order valence-corrected chi connectivity index (χ1v) is 9.66. The number of hydrogen-bond donors (Lipinski definition) is 1. The first-order chi connectivity index (χ1) is 12.6. The van der Waals surface area contributed by atoms with Crippen LogP contribution in [0.5, 0.6) is 0 Å². The van der Waals surface area contributed by atoms with E-state index in [1.807, 2.05) is 11.6 Å². The van der Waals surface area contributed by atoms with Gasteiger partial charge >= 0.3 is 0 Å². The van der Waals surface area contributed by atoms with Crippen molar-refractivity contribution in [1.29, 1.82) is 0 Å². The van der Waals surface area contributed by atoms with Gasteiger partial charge in [0.25, 0.3) is 5.91 Å². The van der Waals surface area contributed by atoms with Gasteiger partial charge in [0.15, 0.2) is 5.69 Å². The molecule has 1 amide bonds. The molecule has 0 saturated heterocycles. The van der Waals surface area contributed by atoms with Gasteiger partial charge in [-0.2, -0.15) is 0 Å². The molecule has 4 rings (SSSR count). The molecule has 1 N–H and O–H groups in total. The molecule has 2 aromatic rings. The number of carbonyl (C=O) groups excluding carboxylic acids is 1. The van der Waals surface area contributed by atoms with Crippen LogP contribution in [0.2, 0.25) is 0 Å². The quantitative estimate of drug-likeness (QED) is 0.921. The Bertz CT molecular complexity index is 807. The molecule has 6 nitrogen and oxygen atoms in total. The van der Waals surface area contributed by atoms with Gasteiger partial charge in [0.05, 0.1) is 11.4 Å². The topological polar surface area (TPSA) is 63.1 Å². The lowest BCUT2D eigenvalue weighted by molar-refractivity contribution is 0.0922. The van der Waals surface area contributed by atoms with Crippen molar-refractivity contribution in [3.05, 3.63) is 40.7 Å². The maximum Gasteiger partial charge on any atom is 0.273 e. The van der Waals surface area contributed by atoms with Gasteiger partial charge in [0, 0.05) is 19.1 Å². The maximum absolute atomic E-state index is 12.7. The second kappa shape index (κ2) is 7.19. The van der Waals surface area contributed by atoms with Gasteiger partial charge in [-0.05, 0) is 50.4 Å². The van der Waals surface area contributed by atoms with Crippen LogP contribution in [-0.2, 0) is 13.0 Å². The van der Waals surface area contributed by atoms with E-state index in [-0.39, 0.29) is 11.9 Å². The highest BCUT2D eigenvalue weighted by Gasteiger charge is 2.24. The number of benzene rings is 1. The van der Waals surface area contributed by atoms with Crippen LogP contribution in [0.15, 0.2) is 18.2 Å². The van der Waals surface area contributed by atoms with Gasteiger partial charge < -0.3 is 10.2 Å². The van der Waals surface area contributed by atoms with Crippen molar-refractivity contribution in [3.8, 4) is 5.69 Å². The minimum absolute atomic E-state index is 0.0924. The lowest BCUT2D eigenvalue weighted by Crippen LogP contribution is -2.36. The summed E-state index contributed by atoms with van der Waals surface area (Å²) in [5.74, 6) is -0.0924. The van der Waals surface area contributed by atoms with Gasteiger partial charge in [-0.25, -0.2) is 4.68 Å². The van der Waals surface area contributed by atoms with E-state index in [1.54, 1.807) is 0 Å². The van der Waals surface area contributed by atoms with Gasteiger partial charge in [-0.15, -0.1) is 5.10 Å². The van der Waals surface area contributed by atoms with Gasteiger partial charge in [-0.1, -0.05) is 36.6 Å². The van der Waals surface area contributed by atoms with Gasteiger partial charge in [-0.3, -0.25) is 4.79 Å². The molecule has 1 aromatic carbocycles. The van der Waals surface area contributed by atoms with Crippen molar-refractivity contribution in [2.24, 2.45) is 0 Å². The molecule has 0 unspecified atom stereocenters. The standard InChI is InChI=1S/C20H27N5O/c1-14-19(20(26)21-16-8-4-3-5-9-16)22-23-25(14)18-10-6-7-15-13-24(2)12-11-17(15)18/h6-7,10,16H,3-5,8-9,11-13H2,1-2H3,(H,21,26). The highest BCUT2D eigenvalue weighted by Crippen LogP contribution is 2.25. The minimum Gasteiger partial charge on any atom is -0.348 e. The summed E-state index contributed by atoms with van der Waals surface area (Å²) >= 11 is 0. The Hall–Kier alpha value is -2.21. The zero-order valence-corrected chi connectivity index (χ0v) is 15.7. The third-order valence-electron chi connectivity index (χ3n) is 5.71. The van der Waals surface area contributed by atoms with E-state index in [9.17, 15) is 4.79 Å². The number of carbonyl (C=O) groups is 1. The molecule has 1 aliphatic carbocycles. The monoisotopic (exact) mass is 353 g/mol. The number of amides is 1. The Kier molecular flexibility index (Phi) is 4.76. The molecule has 1 saturated carbocycles. The fourth-order valence-corrected chi connectivity index (χ4v) is 4.20. The van der Waals surface area contributed by atoms with Crippen molar-refractivity contribution < 1.29 is 4.79 Å². The number of rotatable bonds is 3. The van der Waals surface area contributed by atoms with Crippen LogP contribution in [-0.4, -0.2) is 45.4 Å². The highest BCUT2D eigenvalue weighted by molar-refractivity contribution is 5.93. The Morgan fingerprint density at radius 3 is 2.85 bits per heavy atom. The summed E-state index contributed by atoms with van der Waals surface area (Å²) in [4.78, 5) is 15.0. The number of hydrogen-bond acceptors (Lipinski definition) is 4. The van der Waals surface area contributed by atoms with Crippen molar-refractivity contribution >= 4 is 5.91 Å². The van der Waals surface area contributed by atoms with Crippen LogP contribution in [0.25, 0.3) is 5.69 Å². The summed E-state index contributed by atoms with van der Waals surface area (Å²) in [6.45, 7) is 3.92. The Labute approximate surface area is 154 Å². The van der Waals surface area contributed by atoms with Crippen LogP contribution in [0.4, 0.5) is 0 Å². The second-order valence-corrected chi connectivity index (χ2v) is 7.65. The molecule has 1 fully saturated rings. The molecule has 138 valence electrons. The fourth-order valence-electron chi connectivity index (χ4n) is 4.20. The number of nitrogens with zero attached hydrogens (tertiary/aromatic N) is 4. The lowest BCUT2D eigenvalue weighted by Gasteiger charge is -2.26. The van der Waals surface area contributed by atoms with Crippen molar-refractivity contribution in [2.45, 2.75) is 58.0 Å². The smallest absolute Gasteiger partial charge is 0.273 e. The van der Waals surface area contributed by atoms with Crippen molar-refractivity contribution in [2.75, 3.05) is 13.6 Å². The zero-order valence-electron chi connectivity index (χ0n) is 15.7. The average Bonchev–Trinajstić information content (AvgIpc) is 3.03. The molecule has 0 spiro atoms. The van der Waals surface area contributed by atoms with Crippen LogP contribution in [0.1, 0.15) is 59.4 Å². The van der Waals surface area contributed by atoms with E-state index in [4.69, 9.17) is 0 Å². The summed E-state index contributed by atoms with van der Waals surface area (Å²) < 4.78 is 1.83. The highest BCUT2D eigenvalue weighted by atomic mass is 16.2. The Morgan fingerprint density at radius 2 is 2.04 bits per heavy atom. The van der Waals surface area contributed by atoms with Crippen LogP contribution in [0, 0.1) is 6.92 Å². The molecule has 0 bridgehead atoms. The Morgan fingerprint density at radius 1 is 1.23 bits per heavy atom.